The van der Waals surface area contributed by atoms with Gasteiger partial charge in [0.05, 0.1) is 0 Å². The summed E-state index contributed by atoms with van der Waals surface area (Å²) in [6.45, 7) is 18.2. The van der Waals surface area contributed by atoms with Crippen molar-refractivity contribution in [3.8, 4) is 11.1 Å². The first-order valence-electron chi connectivity index (χ1n) is 16.5. The summed E-state index contributed by atoms with van der Waals surface area (Å²) in [5.74, 6) is 0. The van der Waals surface area contributed by atoms with E-state index in [-0.39, 0.29) is 35.6 Å². The fourth-order valence-electron chi connectivity index (χ4n) is 6.61. The van der Waals surface area contributed by atoms with E-state index in [1.54, 1.807) is 0 Å². The van der Waals surface area contributed by atoms with Crippen molar-refractivity contribution in [2.75, 3.05) is 0 Å². The van der Waals surface area contributed by atoms with Crippen LogP contribution in [0.2, 0.25) is 5.02 Å². The topological polar surface area (TPSA) is 0 Å². The summed E-state index contributed by atoms with van der Waals surface area (Å²) in [6, 6.07) is 34.0. The third kappa shape index (κ3) is 9.83. The van der Waals surface area contributed by atoms with Crippen molar-refractivity contribution < 1.29 is 49.0 Å². The molecule has 0 aromatic heterocycles. The smallest absolute Gasteiger partial charge is 0.109 e. The Morgan fingerprint density at radius 2 is 1.41 bits per heavy atom. The van der Waals surface area contributed by atoms with Gasteiger partial charge in [-0.2, -0.15) is 23.8 Å². The van der Waals surface area contributed by atoms with Crippen LogP contribution in [0.4, 0.5) is 0 Å². The van der Waals surface area contributed by atoms with Crippen LogP contribution in [-0.4, -0.2) is 3.21 Å². The molecular formula is C45H45Cl3Zr-2. The van der Waals surface area contributed by atoms with Crippen LogP contribution < -0.4 is 24.8 Å². The van der Waals surface area contributed by atoms with Gasteiger partial charge in [0.1, 0.15) is 0 Å². The molecule has 0 N–H and O–H groups in total. The maximum absolute atomic E-state index is 6.09. The van der Waals surface area contributed by atoms with Gasteiger partial charge in [-0.15, -0.1) is 23.1 Å². The average molecular weight is 783 g/mol. The van der Waals surface area contributed by atoms with Crippen LogP contribution >= 0.6 is 11.6 Å². The molecule has 0 heterocycles. The number of hydrogen-bond donors (Lipinski definition) is 0. The summed E-state index contributed by atoms with van der Waals surface area (Å²) in [5.41, 5.74) is 14.1. The second-order valence-electron chi connectivity index (χ2n) is 14.6. The zero-order valence-electron chi connectivity index (χ0n) is 29.9. The van der Waals surface area contributed by atoms with Crippen molar-refractivity contribution >= 4 is 25.6 Å². The number of hydrogen-bond acceptors (Lipinski definition) is 0. The van der Waals surface area contributed by atoms with Crippen LogP contribution in [0.5, 0.6) is 0 Å². The van der Waals surface area contributed by atoms with Crippen molar-refractivity contribution in [2.45, 2.75) is 79.1 Å². The first-order valence-corrected chi connectivity index (χ1v) is 18.1. The molecule has 0 radical (unpaired) electrons. The molecule has 0 bridgehead atoms. The first-order chi connectivity index (χ1) is 22.2. The zero-order valence-corrected chi connectivity index (χ0v) is 34.6. The predicted molar refractivity (Wildman–Crippen MR) is 201 cm³/mol. The van der Waals surface area contributed by atoms with Crippen molar-refractivity contribution in [1.29, 1.82) is 0 Å². The summed E-state index contributed by atoms with van der Waals surface area (Å²) in [7, 11) is 0. The molecule has 7 rings (SSSR count). The molecule has 0 unspecified atom stereocenters. The Bertz CT molecular complexity index is 1920. The van der Waals surface area contributed by atoms with Crippen LogP contribution in [0.1, 0.15) is 92.5 Å². The van der Waals surface area contributed by atoms with Crippen LogP contribution in [0.25, 0.3) is 21.9 Å². The zero-order chi connectivity index (χ0) is 33.9. The van der Waals surface area contributed by atoms with Gasteiger partial charge in [0.2, 0.25) is 0 Å². The van der Waals surface area contributed by atoms with Crippen molar-refractivity contribution in [1.82, 2.24) is 0 Å². The fraction of sp³-hybridized carbons (Fsp3) is 0.267. The van der Waals surface area contributed by atoms with Gasteiger partial charge in [0.15, 0.2) is 0 Å². The molecule has 0 fully saturated rings. The summed E-state index contributed by atoms with van der Waals surface area (Å²) >= 11 is 7.49. The molecule has 0 saturated heterocycles. The number of allylic oxidation sites excluding steroid dienone is 4. The first kappa shape index (κ1) is 40.9. The summed E-state index contributed by atoms with van der Waals surface area (Å²) in [5, 5.41) is 3.37. The van der Waals surface area contributed by atoms with E-state index in [0.717, 1.165) is 17.9 Å². The average Bonchev–Trinajstić information content (AvgIpc) is 3.70. The standard InChI is InChI=1S/C23H29.C17H11Cl.C5H5.2ClH.Zr/c1-14-9-16-11-17-10-15(2)21(23(6,7)8)13-19(17)18(16)12-20(14)22(3,4)5;18-16-9-3-5-13(12-16)11-15-8-4-7-14-6-1-2-10-17(14)15;1-2-4-5-3-1;;;/h9,12-13H,11H2,1-8H3;1-10,12H;1-3H,4H2;2*1H;/q-1;;-1;;;+2/p-2. The largest absolute Gasteiger partial charge is 1.00 e. The van der Waals surface area contributed by atoms with E-state index in [2.05, 4.69) is 140 Å². The predicted octanol–water partition coefficient (Wildman–Crippen LogP) is 6.19. The number of fused-ring (bicyclic) bond motifs is 4. The van der Waals surface area contributed by atoms with Crippen LogP contribution in [0, 0.1) is 26.0 Å². The molecule has 2 aliphatic rings. The maximum atomic E-state index is 6.09. The normalized spacial score (nSPS) is 12.5. The molecule has 0 saturated carbocycles. The Morgan fingerprint density at radius 1 is 0.755 bits per heavy atom. The molecule has 5 aromatic rings. The molecule has 0 nitrogen and oxygen atoms in total. The van der Waals surface area contributed by atoms with Gasteiger partial charge in [-0.05, 0) is 35.4 Å². The Balaban J connectivity index is 0.000000226. The Hall–Kier alpha value is -2.54. The SMILES string of the molecule is Cc1[c-]c2c(cc1C(C)(C)C)-c1cc(C(C)(C)C)c(C)cc1C2.Clc1cccc([C](=[Zr+2])c2cccc3ccccc23)c1.[C-]1=CC=CC1.[Cl-].[Cl-]. The van der Waals surface area contributed by atoms with Gasteiger partial charge in [0.25, 0.3) is 0 Å². The second kappa shape index (κ2) is 17.1. The van der Waals surface area contributed by atoms with Crippen molar-refractivity contribution in [2.24, 2.45) is 0 Å². The van der Waals surface area contributed by atoms with Crippen molar-refractivity contribution in [3.05, 3.63) is 165 Å². The van der Waals surface area contributed by atoms with Gasteiger partial charge >= 0.3 is 133 Å². The van der Waals surface area contributed by atoms with Gasteiger partial charge in [-0.25, -0.2) is 12.2 Å². The van der Waals surface area contributed by atoms with Gasteiger partial charge in [-0.1, -0.05) is 71.6 Å². The van der Waals surface area contributed by atoms with E-state index in [1.165, 1.54) is 93.8 Å². The van der Waals surface area contributed by atoms with Crippen molar-refractivity contribution in [3.63, 3.8) is 0 Å². The Labute approximate surface area is 327 Å². The number of benzene rings is 5. The Kier molecular flexibility index (Phi) is 14.3. The molecule has 4 heteroatoms. The minimum Gasteiger partial charge on any atom is -1.00 e. The fourth-order valence-corrected chi connectivity index (χ4v) is 7.71. The summed E-state index contributed by atoms with van der Waals surface area (Å²) < 4.78 is 1.34. The number of aryl methyl sites for hydroxylation is 2. The third-order valence-corrected chi connectivity index (χ3v) is 10.4. The van der Waals surface area contributed by atoms with E-state index in [0.29, 0.717) is 0 Å². The van der Waals surface area contributed by atoms with Crippen LogP contribution in [0.3, 0.4) is 0 Å². The number of rotatable bonds is 2. The molecule has 0 spiro atoms. The molecule has 2 aliphatic carbocycles. The monoisotopic (exact) mass is 780 g/mol. The summed E-state index contributed by atoms with van der Waals surface area (Å²) in [6.07, 6.45) is 11.0. The van der Waals surface area contributed by atoms with Gasteiger partial charge < -0.3 is 24.8 Å². The van der Waals surface area contributed by atoms with E-state index in [4.69, 9.17) is 11.6 Å². The molecule has 0 atom stereocenters. The number of halogens is 3. The minimum absolute atomic E-state index is 0. The summed E-state index contributed by atoms with van der Waals surface area (Å²) in [4.78, 5) is 0. The van der Waals surface area contributed by atoms with E-state index in [9.17, 15) is 0 Å². The maximum Gasteiger partial charge on any atom is -0.109 e. The van der Waals surface area contributed by atoms with Crippen LogP contribution in [0.15, 0.2) is 103 Å². The molecule has 49 heavy (non-hydrogen) atoms. The van der Waals surface area contributed by atoms with E-state index < -0.39 is 0 Å². The minimum atomic E-state index is 0. The van der Waals surface area contributed by atoms with Crippen LogP contribution in [-0.2, 0) is 41.5 Å². The molecule has 252 valence electrons. The third-order valence-electron chi connectivity index (χ3n) is 8.84. The Morgan fingerprint density at radius 3 is 2.02 bits per heavy atom. The van der Waals surface area contributed by atoms with Gasteiger partial charge in [-0.3, -0.25) is 6.08 Å². The molecule has 5 aromatic carbocycles. The second-order valence-corrected chi connectivity index (χ2v) is 16.3. The van der Waals surface area contributed by atoms with E-state index in [1.807, 2.05) is 30.4 Å². The van der Waals surface area contributed by atoms with E-state index >= 15 is 0 Å². The molecule has 0 amide bonds. The van der Waals surface area contributed by atoms with Gasteiger partial charge in [0, 0.05) is 0 Å². The quantitative estimate of drug-likeness (QED) is 0.184. The molecular weight excluding hydrogens is 738 g/mol. The molecule has 0 aliphatic heterocycles.